The molecule has 0 spiro atoms. The first kappa shape index (κ1) is 14.0. The van der Waals surface area contributed by atoms with E-state index in [0.717, 1.165) is 19.3 Å². The molecule has 1 heterocycles. The van der Waals surface area contributed by atoms with Crippen LogP contribution >= 0.6 is 0 Å². The van der Waals surface area contributed by atoms with Crippen LogP contribution in [0.3, 0.4) is 0 Å². The lowest BCUT2D eigenvalue weighted by Gasteiger charge is -2.12. The Bertz CT molecular complexity index is 592. The molecule has 0 aliphatic heterocycles. The Morgan fingerprint density at radius 1 is 1.53 bits per heavy atom. The van der Waals surface area contributed by atoms with E-state index >= 15 is 0 Å². The van der Waals surface area contributed by atoms with Crippen molar-refractivity contribution in [2.24, 2.45) is 11.8 Å². The fourth-order valence-corrected chi connectivity index (χ4v) is 3.73. The lowest BCUT2D eigenvalue weighted by Crippen LogP contribution is -2.29. The topological polar surface area (TPSA) is 82.8 Å². The average Bonchev–Trinajstić information content (AvgIpc) is 2.82. The molecule has 2 unspecified atom stereocenters. The van der Waals surface area contributed by atoms with Crippen LogP contribution < -0.4 is 4.72 Å². The molecule has 6 heteroatoms. The summed E-state index contributed by atoms with van der Waals surface area (Å²) < 4.78 is 26.9. The summed E-state index contributed by atoms with van der Waals surface area (Å²) in [7, 11) is -3.64. The molecule has 0 aromatic carbocycles. The molecule has 1 saturated carbocycles. The van der Waals surface area contributed by atoms with Crippen molar-refractivity contribution in [1.29, 1.82) is 5.26 Å². The van der Waals surface area contributed by atoms with Crippen LogP contribution in [0, 0.1) is 23.2 Å². The van der Waals surface area contributed by atoms with Crippen LogP contribution in [0.4, 0.5) is 0 Å². The van der Waals surface area contributed by atoms with Gasteiger partial charge in [0.2, 0.25) is 10.0 Å². The van der Waals surface area contributed by atoms with E-state index in [-0.39, 0.29) is 10.6 Å². The van der Waals surface area contributed by atoms with Gasteiger partial charge in [0.25, 0.3) is 0 Å². The maximum absolute atomic E-state index is 12.1. The molecule has 1 fully saturated rings. The molecule has 102 valence electrons. The van der Waals surface area contributed by atoms with Crippen molar-refractivity contribution >= 4 is 10.0 Å². The Hall–Kier alpha value is -1.45. The third-order valence-corrected chi connectivity index (χ3v) is 4.99. The first-order valence-electron chi connectivity index (χ1n) is 6.37. The number of sulfonamides is 1. The Morgan fingerprint density at radius 3 is 2.95 bits per heavy atom. The fourth-order valence-electron chi connectivity index (χ4n) is 2.51. The largest absolute Gasteiger partial charge is 0.244 e. The van der Waals surface area contributed by atoms with Gasteiger partial charge in [-0.15, -0.1) is 0 Å². The van der Waals surface area contributed by atoms with E-state index in [2.05, 4.69) is 16.6 Å². The molecule has 1 aromatic rings. The minimum absolute atomic E-state index is 0.0384. The maximum atomic E-state index is 12.1. The van der Waals surface area contributed by atoms with Crippen molar-refractivity contribution in [2.45, 2.75) is 31.1 Å². The van der Waals surface area contributed by atoms with Crippen molar-refractivity contribution < 1.29 is 8.42 Å². The molecular weight excluding hydrogens is 262 g/mol. The van der Waals surface area contributed by atoms with Crippen LogP contribution in [-0.2, 0) is 10.0 Å². The zero-order chi connectivity index (χ0) is 13.9. The Morgan fingerprint density at radius 2 is 2.32 bits per heavy atom. The number of nitriles is 1. The Balaban J connectivity index is 2.08. The number of hydrogen-bond donors (Lipinski definition) is 1. The summed E-state index contributed by atoms with van der Waals surface area (Å²) in [6.45, 7) is 2.62. The van der Waals surface area contributed by atoms with Gasteiger partial charge in [0.05, 0.1) is 0 Å². The molecule has 19 heavy (non-hydrogen) atoms. The summed E-state index contributed by atoms with van der Waals surface area (Å²) in [5, 5.41) is 8.89. The fraction of sp³-hybridized carbons (Fsp3) is 0.538. The molecule has 1 aliphatic carbocycles. The van der Waals surface area contributed by atoms with Crippen LogP contribution in [0.5, 0.6) is 0 Å². The quantitative estimate of drug-likeness (QED) is 0.908. The second-order valence-corrected chi connectivity index (χ2v) is 6.83. The summed E-state index contributed by atoms with van der Waals surface area (Å²) in [6, 6.07) is 4.74. The molecule has 0 radical (unpaired) electrons. The van der Waals surface area contributed by atoms with E-state index in [4.69, 9.17) is 5.26 Å². The predicted molar refractivity (Wildman–Crippen MR) is 70.6 cm³/mol. The van der Waals surface area contributed by atoms with E-state index in [1.807, 2.05) is 0 Å². The molecule has 0 bridgehead atoms. The lowest BCUT2D eigenvalue weighted by atomic mass is 10.1. The lowest BCUT2D eigenvalue weighted by molar-refractivity contribution is 0.498. The first-order valence-corrected chi connectivity index (χ1v) is 7.86. The molecule has 0 saturated heterocycles. The highest BCUT2D eigenvalue weighted by atomic mass is 32.2. The average molecular weight is 279 g/mol. The summed E-state index contributed by atoms with van der Waals surface area (Å²) in [6.07, 6.45) is 4.68. The minimum Gasteiger partial charge on any atom is -0.244 e. The van der Waals surface area contributed by atoms with Crippen LogP contribution in [0.1, 0.15) is 31.9 Å². The highest BCUT2D eigenvalue weighted by Gasteiger charge is 2.25. The van der Waals surface area contributed by atoms with Gasteiger partial charge in [-0.1, -0.05) is 13.3 Å². The SMILES string of the molecule is CC1CCC(CNS(=O)(=O)c2cccnc2C#N)C1. The standard InChI is InChI=1S/C13H17N3O2S/c1-10-4-5-11(7-10)9-16-19(17,18)13-3-2-6-15-12(13)8-14/h2-3,6,10-11,16H,4-5,7,9H2,1H3. The van der Waals surface area contributed by atoms with Crippen molar-refractivity contribution in [2.75, 3.05) is 6.54 Å². The predicted octanol–water partition coefficient (Wildman–Crippen LogP) is 1.67. The van der Waals surface area contributed by atoms with Crippen molar-refractivity contribution in [1.82, 2.24) is 9.71 Å². The smallest absolute Gasteiger partial charge is 0.243 e. The van der Waals surface area contributed by atoms with Crippen LogP contribution in [0.2, 0.25) is 0 Å². The minimum atomic E-state index is -3.64. The van der Waals surface area contributed by atoms with Crippen LogP contribution in [-0.4, -0.2) is 19.9 Å². The molecule has 2 rings (SSSR count). The Kier molecular flexibility index (Phi) is 4.17. The van der Waals surface area contributed by atoms with Gasteiger partial charge in [-0.2, -0.15) is 5.26 Å². The molecule has 2 atom stereocenters. The Labute approximate surface area is 113 Å². The normalized spacial score (nSPS) is 23.2. The number of nitrogens with zero attached hydrogens (tertiary/aromatic N) is 2. The van der Waals surface area contributed by atoms with Gasteiger partial charge in [0, 0.05) is 12.7 Å². The molecule has 5 nitrogen and oxygen atoms in total. The van der Waals surface area contributed by atoms with Gasteiger partial charge in [0.15, 0.2) is 5.69 Å². The summed E-state index contributed by atoms with van der Waals surface area (Å²) in [5.41, 5.74) is -0.0604. The number of nitrogens with one attached hydrogen (secondary N) is 1. The van der Waals surface area contributed by atoms with E-state index < -0.39 is 10.0 Å². The van der Waals surface area contributed by atoms with Gasteiger partial charge in [0.1, 0.15) is 11.0 Å². The van der Waals surface area contributed by atoms with Crippen LogP contribution in [0.25, 0.3) is 0 Å². The van der Waals surface area contributed by atoms with Crippen molar-refractivity contribution in [3.63, 3.8) is 0 Å². The summed E-state index contributed by atoms with van der Waals surface area (Å²) >= 11 is 0. The summed E-state index contributed by atoms with van der Waals surface area (Å²) in [4.78, 5) is 3.74. The zero-order valence-electron chi connectivity index (χ0n) is 10.8. The third kappa shape index (κ3) is 3.31. The first-order chi connectivity index (χ1) is 9.03. The molecule has 0 amide bonds. The van der Waals surface area contributed by atoms with Crippen molar-refractivity contribution in [3.05, 3.63) is 24.0 Å². The van der Waals surface area contributed by atoms with Crippen LogP contribution in [0.15, 0.2) is 23.2 Å². The number of hydrogen-bond acceptors (Lipinski definition) is 4. The van der Waals surface area contributed by atoms with Crippen molar-refractivity contribution in [3.8, 4) is 6.07 Å². The van der Waals surface area contributed by atoms with Gasteiger partial charge < -0.3 is 0 Å². The molecular formula is C13H17N3O2S. The summed E-state index contributed by atoms with van der Waals surface area (Å²) in [5.74, 6) is 1.06. The van der Waals surface area contributed by atoms with E-state index in [1.165, 1.54) is 18.3 Å². The second-order valence-electron chi connectivity index (χ2n) is 5.10. The maximum Gasteiger partial charge on any atom is 0.243 e. The molecule has 1 aliphatic rings. The highest BCUT2D eigenvalue weighted by Crippen LogP contribution is 2.29. The van der Waals surface area contributed by atoms with Gasteiger partial charge in [-0.05, 0) is 36.8 Å². The zero-order valence-corrected chi connectivity index (χ0v) is 11.7. The van der Waals surface area contributed by atoms with Gasteiger partial charge in [-0.3, -0.25) is 0 Å². The van der Waals surface area contributed by atoms with E-state index in [0.29, 0.717) is 18.4 Å². The molecule has 1 aromatic heterocycles. The number of aromatic nitrogens is 1. The highest BCUT2D eigenvalue weighted by molar-refractivity contribution is 7.89. The second kappa shape index (κ2) is 5.68. The van der Waals surface area contributed by atoms with E-state index in [9.17, 15) is 8.42 Å². The number of pyridine rings is 1. The number of rotatable bonds is 4. The third-order valence-electron chi connectivity index (χ3n) is 3.53. The molecule has 1 N–H and O–H groups in total. The van der Waals surface area contributed by atoms with Gasteiger partial charge >= 0.3 is 0 Å². The van der Waals surface area contributed by atoms with Gasteiger partial charge in [-0.25, -0.2) is 18.1 Å². The van der Waals surface area contributed by atoms with E-state index in [1.54, 1.807) is 6.07 Å². The monoisotopic (exact) mass is 279 g/mol.